The lowest BCUT2D eigenvalue weighted by molar-refractivity contribution is 0.450. The van der Waals surface area contributed by atoms with Crippen LogP contribution in [-0.2, 0) is 6.54 Å². The largest absolute Gasteiger partial charge is 0.451 e. The number of hydrogen-bond acceptors (Lipinski definition) is 5. The Morgan fingerprint density at radius 1 is 1.15 bits per heavy atom. The first-order chi connectivity index (χ1) is 9.61. The van der Waals surface area contributed by atoms with Gasteiger partial charge in [0, 0.05) is 11.4 Å². The van der Waals surface area contributed by atoms with Gasteiger partial charge in [-0.15, -0.1) is 10.2 Å². The maximum atomic E-state index is 5.73. The van der Waals surface area contributed by atoms with E-state index >= 15 is 0 Å². The quantitative estimate of drug-likeness (QED) is 0.788. The molecule has 104 valence electrons. The SMILES string of the molecule is Cc1ccc2oc(-c3nnc(CNC(C)C)o3)cc2c1. The van der Waals surface area contributed by atoms with Gasteiger partial charge in [-0.1, -0.05) is 25.5 Å². The summed E-state index contributed by atoms with van der Waals surface area (Å²) in [6, 6.07) is 8.34. The molecule has 0 aliphatic heterocycles. The summed E-state index contributed by atoms with van der Waals surface area (Å²) >= 11 is 0. The van der Waals surface area contributed by atoms with Crippen LogP contribution in [0.25, 0.3) is 22.6 Å². The minimum atomic E-state index is 0.375. The lowest BCUT2D eigenvalue weighted by Gasteiger charge is -2.03. The molecule has 0 aliphatic rings. The maximum Gasteiger partial charge on any atom is 0.283 e. The Hall–Kier alpha value is -2.14. The topological polar surface area (TPSA) is 64.1 Å². The number of hydrogen-bond donors (Lipinski definition) is 1. The van der Waals surface area contributed by atoms with Gasteiger partial charge in [-0.05, 0) is 25.1 Å². The molecule has 2 aromatic heterocycles. The van der Waals surface area contributed by atoms with Gasteiger partial charge in [0.05, 0.1) is 6.54 Å². The van der Waals surface area contributed by atoms with Crippen LogP contribution in [0.15, 0.2) is 33.1 Å². The van der Waals surface area contributed by atoms with Crippen LogP contribution < -0.4 is 5.32 Å². The van der Waals surface area contributed by atoms with Crippen molar-refractivity contribution in [2.45, 2.75) is 33.4 Å². The van der Waals surface area contributed by atoms with Gasteiger partial charge in [0.2, 0.25) is 5.89 Å². The van der Waals surface area contributed by atoms with Crippen LogP contribution in [0.1, 0.15) is 25.3 Å². The van der Waals surface area contributed by atoms with E-state index in [-0.39, 0.29) is 0 Å². The summed E-state index contributed by atoms with van der Waals surface area (Å²) in [5.41, 5.74) is 2.02. The van der Waals surface area contributed by atoms with Crippen LogP contribution in [-0.4, -0.2) is 16.2 Å². The van der Waals surface area contributed by atoms with Crippen molar-refractivity contribution in [3.63, 3.8) is 0 Å². The predicted octanol–water partition coefficient (Wildman–Crippen LogP) is 3.29. The van der Waals surface area contributed by atoms with Crippen molar-refractivity contribution in [1.29, 1.82) is 0 Å². The molecule has 0 atom stereocenters. The van der Waals surface area contributed by atoms with E-state index in [1.165, 1.54) is 5.56 Å². The zero-order valence-corrected chi connectivity index (χ0v) is 11.8. The molecular formula is C15H17N3O2. The van der Waals surface area contributed by atoms with Gasteiger partial charge in [0.25, 0.3) is 5.89 Å². The van der Waals surface area contributed by atoms with Crippen LogP contribution in [0, 0.1) is 6.92 Å². The molecular weight excluding hydrogens is 254 g/mol. The minimum Gasteiger partial charge on any atom is -0.451 e. The van der Waals surface area contributed by atoms with Gasteiger partial charge in [-0.2, -0.15) is 0 Å². The number of aromatic nitrogens is 2. The molecule has 0 amide bonds. The zero-order chi connectivity index (χ0) is 14.1. The Labute approximate surface area is 117 Å². The van der Waals surface area contributed by atoms with Gasteiger partial charge in [-0.25, -0.2) is 0 Å². The average molecular weight is 271 g/mol. The highest BCUT2D eigenvalue weighted by Crippen LogP contribution is 2.27. The highest BCUT2D eigenvalue weighted by molar-refractivity contribution is 5.82. The molecule has 0 fully saturated rings. The van der Waals surface area contributed by atoms with Crippen molar-refractivity contribution < 1.29 is 8.83 Å². The standard InChI is InChI=1S/C15H17N3O2/c1-9(2)16-8-14-17-18-15(20-14)13-7-11-6-10(3)4-5-12(11)19-13/h4-7,9,16H,8H2,1-3H3. The molecule has 0 radical (unpaired) electrons. The molecule has 0 saturated carbocycles. The molecule has 0 aliphatic carbocycles. The first-order valence-electron chi connectivity index (χ1n) is 6.68. The smallest absolute Gasteiger partial charge is 0.283 e. The van der Waals surface area contributed by atoms with Crippen LogP contribution in [0.2, 0.25) is 0 Å². The number of fused-ring (bicyclic) bond motifs is 1. The van der Waals surface area contributed by atoms with E-state index in [2.05, 4.69) is 42.4 Å². The van der Waals surface area contributed by atoms with Crippen molar-refractivity contribution in [3.8, 4) is 11.7 Å². The molecule has 0 spiro atoms. The predicted molar refractivity (Wildman–Crippen MR) is 76.2 cm³/mol. The highest BCUT2D eigenvalue weighted by Gasteiger charge is 2.13. The Kier molecular flexibility index (Phi) is 3.28. The summed E-state index contributed by atoms with van der Waals surface area (Å²) < 4.78 is 11.3. The van der Waals surface area contributed by atoms with Crippen molar-refractivity contribution in [3.05, 3.63) is 35.7 Å². The second-order valence-electron chi connectivity index (χ2n) is 5.19. The Morgan fingerprint density at radius 3 is 2.80 bits per heavy atom. The van der Waals surface area contributed by atoms with E-state index < -0.39 is 0 Å². The number of rotatable bonds is 4. The van der Waals surface area contributed by atoms with Crippen molar-refractivity contribution in [1.82, 2.24) is 15.5 Å². The van der Waals surface area contributed by atoms with Crippen LogP contribution in [0.4, 0.5) is 0 Å². The van der Waals surface area contributed by atoms with E-state index in [0.717, 1.165) is 11.0 Å². The van der Waals surface area contributed by atoms with E-state index in [1.54, 1.807) is 0 Å². The van der Waals surface area contributed by atoms with Gasteiger partial charge in [0.15, 0.2) is 5.76 Å². The summed E-state index contributed by atoms with van der Waals surface area (Å²) in [6.07, 6.45) is 0. The number of benzene rings is 1. The minimum absolute atomic E-state index is 0.375. The molecule has 0 unspecified atom stereocenters. The Bertz CT molecular complexity index is 728. The molecule has 5 nitrogen and oxygen atoms in total. The number of nitrogens with one attached hydrogen (secondary N) is 1. The third-order valence-electron chi connectivity index (χ3n) is 3.01. The summed E-state index contributed by atoms with van der Waals surface area (Å²) in [4.78, 5) is 0. The molecule has 0 bridgehead atoms. The number of aryl methyl sites for hydroxylation is 1. The Balaban J connectivity index is 1.87. The fraction of sp³-hybridized carbons (Fsp3) is 0.333. The lowest BCUT2D eigenvalue weighted by Crippen LogP contribution is -2.21. The van der Waals surface area contributed by atoms with E-state index in [4.69, 9.17) is 8.83 Å². The van der Waals surface area contributed by atoms with Gasteiger partial charge in [0.1, 0.15) is 5.58 Å². The molecule has 3 aromatic rings. The van der Waals surface area contributed by atoms with E-state index in [9.17, 15) is 0 Å². The normalized spacial score (nSPS) is 11.6. The molecule has 2 heterocycles. The van der Waals surface area contributed by atoms with Crippen molar-refractivity contribution in [2.24, 2.45) is 0 Å². The number of furan rings is 1. The summed E-state index contributed by atoms with van der Waals surface area (Å²) in [5.74, 6) is 1.58. The van der Waals surface area contributed by atoms with E-state index in [0.29, 0.717) is 30.1 Å². The third kappa shape index (κ3) is 2.58. The van der Waals surface area contributed by atoms with Crippen molar-refractivity contribution in [2.75, 3.05) is 0 Å². The summed E-state index contributed by atoms with van der Waals surface area (Å²) in [7, 11) is 0. The van der Waals surface area contributed by atoms with Gasteiger partial charge < -0.3 is 14.2 Å². The fourth-order valence-electron chi connectivity index (χ4n) is 1.98. The van der Waals surface area contributed by atoms with Crippen molar-refractivity contribution >= 4 is 11.0 Å². The fourth-order valence-corrected chi connectivity index (χ4v) is 1.98. The lowest BCUT2D eigenvalue weighted by atomic mass is 10.2. The molecule has 1 N–H and O–H groups in total. The first-order valence-corrected chi connectivity index (χ1v) is 6.68. The molecule has 5 heteroatoms. The average Bonchev–Trinajstić information content (AvgIpc) is 3.01. The van der Waals surface area contributed by atoms with Crippen LogP contribution in [0.3, 0.4) is 0 Å². The second-order valence-corrected chi connectivity index (χ2v) is 5.19. The molecule has 20 heavy (non-hydrogen) atoms. The molecule has 3 rings (SSSR count). The van der Waals surface area contributed by atoms with Gasteiger partial charge in [-0.3, -0.25) is 0 Å². The Morgan fingerprint density at radius 2 is 2.00 bits per heavy atom. The second kappa shape index (κ2) is 5.09. The maximum absolute atomic E-state index is 5.73. The van der Waals surface area contributed by atoms with Gasteiger partial charge >= 0.3 is 0 Å². The molecule has 1 aromatic carbocycles. The molecule has 0 saturated heterocycles. The zero-order valence-electron chi connectivity index (χ0n) is 11.8. The van der Waals surface area contributed by atoms with Crippen LogP contribution in [0.5, 0.6) is 0 Å². The first kappa shape index (κ1) is 12.9. The highest BCUT2D eigenvalue weighted by atomic mass is 16.4. The third-order valence-corrected chi connectivity index (χ3v) is 3.01. The number of nitrogens with zero attached hydrogens (tertiary/aromatic N) is 2. The summed E-state index contributed by atoms with van der Waals surface area (Å²) in [6.45, 7) is 6.75. The van der Waals surface area contributed by atoms with E-state index in [1.807, 2.05) is 18.2 Å². The monoisotopic (exact) mass is 271 g/mol. The summed E-state index contributed by atoms with van der Waals surface area (Å²) in [5, 5.41) is 12.3. The van der Waals surface area contributed by atoms with Crippen LogP contribution >= 0.6 is 0 Å².